The Morgan fingerprint density at radius 3 is 2.83 bits per heavy atom. The number of halogens is 2. The van der Waals surface area contributed by atoms with Crippen LogP contribution in [0.2, 0.25) is 5.02 Å². The number of ether oxygens (including phenoxy) is 1. The molecule has 0 saturated carbocycles. The molecule has 1 N–H and O–H groups in total. The van der Waals surface area contributed by atoms with Gasteiger partial charge in [-0.05, 0) is 12.1 Å². The average Bonchev–Trinajstić information content (AvgIpc) is 2.32. The van der Waals surface area contributed by atoms with Crippen LogP contribution in [0.3, 0.4) is 0 Å². The van der Waals surface area contributed by atoms with E-state index in [0.29, 0.717) is 0 Å². The van der Waals surface area contributed by atoms with Gasteiger partial charge in [0.05, 0.1) is 11.8 Å². The van der Waals surface area contributed by atoms with Gasteiger partial charge in [-0.3, -0.25) is 0 Å². The highest BCUT2D eigenvalue weighted by atomic mass is 35.5. The Hall–Kier alpha value is -2.21. The quantitative estimate of drug-likeness (QED) is 0.927. The Balaban J connectivity index is 2.29. The van der Waals surface area contributed by atoms with E-state index in [1.807, 2.05) is 0 Å². The molecular formula is C11H6ClFN2O3. The predicted octanol–water partition coefficient (Wildman–Crippen LogP) is 2.76. The molecule has 0 aliphatic heterocycles. The van der Waals surface area contributed by atoms with Gasteiger partial charge >= 0.3 is 5.97 Å². The summed E-state index contributed by atoms with van der Waals surface area (Å²) in [4.78, 5) is 18.0. The Labute approximate surface area is 106 Å². The molecule has 0 amide bonds. The summed E-state index contributed by atoms with van der Waals surface area (Å²) in [6.45, 7) is 0. The SMILES string of the molecule is O=C(O)c1ccc(Oc2ncncc2Cl)cc1F. The first-order valence-electron chi connectivity index (χ1n) is 4.74. The van der Waals surface area contributed by atoms with Gasteiger partial charge in [-0.2, -0.15) is 0 Å². The molecule has 0 fully saturated rings. The summed E-state index contributed by atoms with van der Waals surface area (Å²) in [5.41, 5.74) is -0.434. The maximum atomic E-state index is 13.4. The van der Waals surface area contributed by atoms with Crippen LogP contribution >= 0.6 is 11.6 Å². The van der Waals surface area contributed by atoms with E-state index in [1.54, 1.807) is 0 Å². The van der Waals surface area contributed by atoms with E-state index in [9.17, 15) is 9.18 Å². The fraction of sp³-hybridized carbons (Fsp3) is 0. The fourth-order valence-corrected chi connectivity index (χ4v) is 1.36. The molecule has 18 heavy (non-hydrogen) atoms. The lowest BCUT2D eigenvalue weighted by Crippen LogP contribution is -2.00. The Bertz CT molecular complexity index is 607. The van der Waals surface area contributed by atoms with Crippen LogP contribution in [0.5, 0.6) is 11.6 Å². The van der Waals surface area contributed by atoms with Gasteiger partial charge in [0.1, 0.15) is 22.9 Å². The van der Waals surface area contributed by atoms with E-state index in [1.165, 1.54) is 18.6 Å². The van der Waals surface area contributed by atoms with Gasteiger partial charge in [0, 0.05) is 6.07 Å². The number of nitrogens with zero attached hydrogens (tertiary/aromatic N) is 2. The largest absolute Gasteiger partial charge is 0.478 e. The minimum atomic E-state index is -1.35. The molecule has 0 aliphatic carbocycles. The van der Waals surface area contributed by atoms with Crippen LogP contribution in [-0.2, 0) is 0 Å². The molecule has 92 valence electrons. The fourth-order valence-electron chi connectivity index (χ4n) is 1.22. The highest BCUT2D eigenvalue weighted by Crippen LogP contribution is 2.26. The summed E-state index contributed by atoms with van der Waals surface area (Å²) in [6.07, 6.45) is 2.55. The van der Waals surface area contributed by atoms with Crippen molar-refractivity contribution in [2.45, 2.75) is 0 Å². The number of hydrogen-bond acceptors (Lipinski definition) is 4. The van der Waals surface area contributed by atoms with Crippen LogP contribution in [0.25, 0.3) is 0 Å². The Morgan fingerprint density at radius 2 is 2.22 bits per heavy atom. The number of benzene rings is 1. The normalized spacial score (nSPS) is 10.1. The molecule has 2 aromatic rings. The zero-order valence-corrected chi connectivity index (χ0v) is 9.56. The van der Waals surface area contributed by atoms with Crippen LogP contribution < -0.4 is 4.74 Å². The molecule has 0 saturated heterocycles. The number of rotatable bonds is 3. The third kappa shape index (κ3) is 2.54. The number of hydrogen-bond donors (Lipinski definition) is 1. The highest BCUT2D eigenvalue weighted by molar-refractivity contribution is 6.31. The lowest BCUT2D eigenvalue weighted by atomic mass is 10.2. The third-order valence-corrected chi connectivity index (χ3v) is 2.28. The van der Waals surface area contributed by atoms with Crippen LogP contribution in [0, 0.1) is 5.82 Å². The molecule has 0 atom stereocenters. The zero-order chi connectivity index (χ0) is 13.1. The molecule has 7 heteroatoms. The molecule has 1 aromatic heterocycles. The van der Waals surface area contributed by atoms with Crippen molar-refractivity contribution >= 4 is 17.6 Å². The summed E-state index contributed by atoms with van der Waals surface area (Å²) in [6, 6.07) is 3.36. The average molecular weight is 269 g/mol. The van der Waals surface area contributed by atoms with Gasteiger partial charge in [0.2, 0.25) is 5.88 Å². The number of carbonyl (C=O) groups is 1. The van der Waals surface area contributed by atoms with E-state index in [-0.39, 0.29) is 16.7 Å². The molecule has 5 nitrogen and oxygen atoms in total. The van der Waals surface area contributed by atoms with E-state index >= 15 is 0 Å². The van der Waals surface area contributed by atoms with Crippen molar-refractivity contribution in [1.82, 2.24) is 9.97 Å². The number of carboxylic acid groups (broad SMARTS) is 1. The zero-order valence-electron chi connectivity index (χ0n) is 8.80. The second-order valence-corrected chi connectivity index (χ2v) is 3.63. The Kier molecular flexibility index (Phi) is 3.38. The first-order chi connectivity index (χ1) is 8.58. The van der Waals surface area contributed by atoms with Crippen LogP contribution in [-0.4, -0.2) is 21.0 Å². The molecular weight excluding hydrogens is 263 g/mol. The second kappa shape index (κ2) is 4.97. The van der Waals surface area contributed by atoms with Gasteiger partial charge in [-0.15, -0.1) is 0 Å². The summed E-state index contributed by atoms with van der Waals surface area (Å²) in [5, 5.41) is 8.83. The number of aromatic carboxylic acids is 1. The molecule has 0 aliphatic rings. The summed E-state index contributed by atoms with van der Waals surface area (Å²) in [5.74, 6) is -2.09. The van der Waals surface area contributed by atoms with Gasteiger partial charge in [0.25, 0.3) is 0 Å². The molecule has 1 heterocycles. The van der Waals surface area contributed by atoms with E-state index in [2.05, 4.69) is 9.97 Å². The molecule has 0 bridgehead atoms. The first kappa shape index (κ1) is 12.3. The Morgan fingerprint density at radius 1 is 1.44 bits per heavy atom. The van der Waals surface area contributed by atoms with Crippen molar-refractivity contribution < 1.29 is 19.0 Å². The first-order valence-corrected chi connectivity index (χ1v) is 5.12. The van der Waals surface area contributed by atoms with Crippen molar-refractivity contribution in [3.8, 4) is 11.6 Å². The van der Waals surface area contributed by atoms with Crippen molar-refractivity contribution in [2.24, 2.45) is 0 Å². The maximum absolute atomic E-state index is 13.4. The van der Waals surface area contributed by atoms with Crippen molar-refractivity contribution in [1.29, 1.82) is 0 Å². The summed E-state index contributed by atoms with van der Waals surface area (Å²) < 4.78 is 18.6. The third-order valence-electron chi connectivity index (χ3n) is 2.02. The van der Waals surface area contributed by atoms with E-state index < -0.39 is 17.3 Å². The summed E-state index contributed by atoms with van der Waals surface area (Å²) in [7, 11) is 0. The highest BCUT2D eigenvalue weighted by Gasteiger charge is 2.12. The minimum Gasteiger partial charge on any atom is -0.478 e. The molecule has 0 radical (unpaired) electrons. The van der Waals surface area contributed by atoms with Crippen molar-refractivity contribution in [3.05, 3.63) is 47.1 Å². The molecule has 1 aromatic carbocycles. The van der Waals surface area contributed by atoms with Gasteiger partial charge in [0.15, 0.2) is 0 Å². The predicted molar refractivity (Wildman–Crippen MR) is 60.5 cm³/mol. The van der Waals surface area contributed by atoms with Crippen molar-refractivity contribution in [3.63, 3.8) is 0 Å². The molecule has 2 rings (SSSR count). The summed E-state index contributed by atoms with van der Waals surface area (Å²) >= 11 is 5.76. The topological polar surface area (TPSA) is 72.3 Å². The van der Waals surface area contributed by atoms with Crippen LogP contribution in [0.1, 0.15) is 10.4 Å². The van der Waals surface area contributed by atoms with Crippen LogP contribution in [0.15, 0.2) is 30.7 Å². The lowest BCUT2D eigenvalue weighted by molar-refractivity contribution is 0.0692. The van der Waals surface area contributed by atoms with Crippen LogP contribution in [0.4, 0.5) is 4.39 Å². The van der Waals surface area contributed by atoms with Gasteiger partial charge in [-0.1, -0.05) is 11.6 Å². The standard InChI is InChI=1S/C11H6ClFN2O3/c12-8-4-14-5-15-10(8)18-6-1-2-7(11(16)17)9(13)3-6/h1-5H,(H,16,17). The second-order valence-electron chi connectivity index (χ2n) is 3.22. The minimum absolute atomic E-state index is 0.0640. The number of carboxylic acids is 1. The lowest BCUT2D eigenvalue weighted by Gasteiger charge is -2.06. The van der Waals surface area contributed by atoms with Gasteiger partial charge in [-0.25, -0.2) is 19.2 Å². The van der Waals surface area contributed by atoms with Gasteiger partial charge < -0.3 is 9.84 Å². The van der Waals surface area contributed by atoms with Crippen molar-refractivity contribution in [2.75, 3.05) is 0 Å². The smallest absolute Gasteiger partial charge is 0.338 e. The molecule has 0 unspecified atom stereocenters. The number of aromatic nitrogens is 2. The monoisotopic (exact) mass is 268 g/mol. The molecule has 0 spiro atoms. The van der Waals surface area contributed by atoms with E-state index in [4.69, 9.17) is 21.4 Å². The van der Waals surface area contributed by atoms with E-state index in [0.717, 1.165) is 12.1 Å². The maximum Gasteiger partial charge on any atom is 0.338 e.